The zero-order valence-corrected chi connectivity index (χ0v) is 9.34. The summed E-state index contributed by atoms with van der Waals surface area (Å²) >= 11 is 0. The summed E-state index contributed by atoms with van der Waals surface area (Å²) < 4.78 is 0. The highest BCUT2D eigenvalue weighted by Crippen LogP contribution is 2.58. The maximum absolute atomic E-state index is 6.65. The molecule has 4 rings (SSSR count). The van der Waals surface area contributed by atoms with E-state index in [1.807, 2.05) is 0 Å². The van der Waals surface area contributed by atoms with Crippen LogP contribution in [0.2, 0.25) is 0 Å². The lowest BCUT2D eigenvalue weighted by atomic mass is 9.48. The minimum absolute atomic E-state index is 0.269. The standard InChI is InChI=1S/C13H23N/c1-2-3-12-11-5-9-4-10(6-11)8-13(12,14)7-9/h9-12H,2-8,14H2,1H3/t9-,10-,11?,12-,13?/m1/s1. The smallest absolute Gasteiger partial charge is 0.0190 e. The van der Waals surface area contributed by atoms with E-state index in [0.717, 1.165) is 23.7 Å². The quantitative estimate of drug-likeness (QED) is 0.717. The van der Waals surface area contributed by atoms with Crippen LogP contribution in [0.3, 0.4) is 0 Å². The van der Waals surface area contributed by atoms with Gasteiger partial charge in [-0.25, -0.2) is 0 Å². The van der Waals surface area contributed by atoms with Crippen molar-refractivity contribution in [3.05, 3.63) is 0 Å². The zero-order chi connectivity index (χ0) is 9.76. The highest BCUT2D eigenvalue weighted by molar-refractivity contribution is 5.09. The van der Waals surface area contributed by atoms with Gasteiger partial charge in [0.2, 0.25) is 0 Å². The van der Waals surface area contributed by atoms with E-state index in [1.165, 1.54) is 44.9 Å². The van der Waals surface area contributed by atoms with Crippen LogP contribution in [0, 0.1) is 23.7 Å². The monoisotopic (exact) mass is 193 g/mol. The Hall–Kier alpha value is -0.0400. The topological polar surface area (TPSA) is 26.0 Å². The molecule has 0 aromatic carbocycles. The van der Waals surface area contributed by atoms with Gasteiger partial charge >= 0.3 is 0 Å². The van der Waals surface area contributed by atoms with Gasteiger partial charge in [-0.05, 0) is 62.2 Å². The Morgan fingerprint density at radius 3 is 2.29 bits per heavy atom. The van der Waals surface area contributed by atoms with Crippen molar-refractivity contribution in [3.63, 3.8) is 0 Å². The molecule has 0 aromatic heterocycles. The van der Waals surface area contributed by atoms with Crippen LogP contribution < -0.4 is 5.73 Å². The van der Waals surface area contributed by atoms with Crippen LogP contribution in [0.15, 0.2) is 0 Å². The number of hydrogen-bond acceptors (Lipinski definition) is 1. The first-order valence-electron chi connectivity index (χ1n) is 6.50. The predicted molar refractivity (Wildman–Crippen MR) is 58.9 cm³/mol. The molecule has 1 nitrogen and oxygen atoms in total. The van der Waals surface area contributed by atoms with Crippen LogP contribution in [0.1, 0.15) is 51.9 Å². The van der Waals surface area contributed by atoms with Gasteiger partial charge < -0.3 is 5.73 Å². The third-order valence-electron chi connectivity index (χ3n) is 5.18. The van der Waals surface area contributed by atoms with Gasteiger partial charge in [-0.15, -0.1) is 0 Å². The molecule has 0 spiro atoms. The number of hydrogen-bond donors (Lipinski definition) is 1. The molecule has 3 atom stereocenters. The molecule has 0 amide bonds. The summed E-state index contributed by atoms with van der Waals surface area (Å²) in [6, 6.07) is 0. The van der Waals surface area contributed by atoms with Crippen LogP contribution in [-0.4, -0.2) is 5.54 Å². The van der Waals surface area contributed by atoms with Gasteiger partial charge in [0.15, 0.2) is 0 Å². The number of rotatable bonds is 2. The van der Waals surface area contributed by atoms with Crippen LogP contribution in [0.25, 0.3) is 0 Å². The van der Waals surface area contributed by atoms with Crippen molar-refractivity contribution in [1.82, 2.24) is 0 Å². The molecule has 2 N–H and O–H groups in total. The van der Waals surface area contributed by atoms with Gasteiger partial charge in [0, 0.05) is 5.54 Å². The summed E-state index contributed by atoms with van der Waals surface area (Å²) in [5, 5.41) is 0. The normalized spacial score (nSPS) is 55.3. The van der Waals surface area contributed by atoms with Crippen molar-refractivity contribution in [2.75, 3.05) is 0 Å². The van der Waals surface area contributed by atoms with Crippen LogP contribution in [0.4, 0.5) is 0 Å². The molecule has 4 fully saturated rings. The Kier molecular flexibility index (Phi) is 1.96. The van der Waals surface area contributed by atoms with Crippen LogP contribution >= 0.6 is 0 Å². The third-order valence-corrected chi connectivity index (χ3v) is 5.18. The van der Waals surface area contributed by atoms with E-state index in [4.69, 9.17) is 5.73 Å². The fourth-order valence-corrected chi connectivity index (χ4v) is 5.04. The minimum atomic E-state index is 0.269. The lowest BCUT2D eigenvalue weighted by molar-refractivity contribution is -0.0585. The first kappa shape index (κ1) is 9.21. The lowest BCUT2D eigenvalue weighted by Gasteiger charge is -2.60. The van der Waals surface area contributed by atoms with E-state index in [9.17, 15) is 0 Å². The molecule has 80 valence electrons. The molecular weight excluding hydrogens is 170 g/mol. The van der Waals surface area contributed by atoms with E-state index < -0.39 is 0 Å². The molecule has 1 heteroatoms. The van der Waals surface area contributed by atoms with Gasteiger partial charge in [-0.2, -0.15) is 0 Å². The predicted octanol–water partition coefficient (Wildman–Crippen LogP) is 2.94. The zero-order valence-electron chi connectivity index (χ0n) is 9.34. The Balaban J connectivity index is 1.86. The van der Waals surface area contributed by atoms with Crippen molar-refractivity contribution < 1.29 is 0 Å². The summed E-state index contributed by atoms with van der Waals surface area (Å²) in [5.74, 6) is 3.89. The molecule has 0 aliphatic heterocycles. The van der Waals surface area contributed by atoms with Crippen LogP contribution in [0.5, 0.6) is 0 Å². The summed E-state index contributed by atoms with van der Waals surface area (Å²) in [6.07, 6.45) is 9.96. The van der Waals surface area contributed by atoms with E-state index in [1.54, 1.807) is 0 Å². The third kappa shape index (κ3) is 1.18. The maximum Gasteiger partial charge on any atom is 0.0190 e. The average molecular weight is 193 g/mol. The Morgan fingerprint density at radius 2 is 1.79 bits per heavy atom. The fourth-order valence-electron chi connectivity index (χ4n) is 5.04. The molecule has 14 heavy (non-hydrogen) atoms. The first-order valence-corrected chi connectivity index (χ1v) is 6.50. The van der Waals surface area contributed by atoms with E-state index in [2.05, 4.69) is 6.92 Å². The SMILES string of the molecule is CCC[C@@H]1C2C[C@H]3C[C@H](C2)CC1(N)C3. The minimum Gasteiger partial charge on any atom is -0.325 e. The van der Waals surface area contributed by atoms with Gasteiger partial charge in [0.1, 0.15) is 0 Å². The van der Waals surface area contributed by atoms with Crippen molar-refractivity contribution in [1.29, 1.82) is 0 Å². The van der Waals surface area contributed by atoms with Crippen molar-refractivity contribution in [3.8, 4) is 0 Å². The van der Waals surface area contributed by atoms with Gasteiger partial charge in [-0.3, -0.25) is 0 Å². The van der Waals surface area contributed by atoms with E-state index in [0.29, 0.717) is 0 Å². The summed E-state index contributed by atoms with van der Waals surface area (Å²) in [6.45, 7) is 2.31. The van der Waals surface area contributed by atoms with Crippen molar-refractivity contribution in [2.24, 2.45) is 29.4 Å². The number of nitrogens with two attached hydrogens (primary N) is 1. The second-order valence-electron chi connectivity index (χ2n) is 6.24. The molecule has 0 heterocycles. The highest BCUT2D eigenvalue weighted by Gasteiger charge is 2.54. The molecule has 0 radical (unpaired) electrons. The second kappa shape index (κ2) is 2.98. The summed E-state index contributed by atoms with van der Waals surface area (Å²) in [5.41, 5.74) is 6.92. The van der Waals surface area contributed by atoms with E-state index in [-0.39, 0.29) is 5.54 Å². The maximum atomic E-state index is 6.65. The van der Waals surface area contributed by atoms with Crippen molar-refractivity contribution in [2.45, 2.75) is 57.4 Å². The Labute approximate surface area is 87.4 Å². The largest absolute Gasteiger partial charge is 0.325 e. The molecule has 4 aliphatic carbocycles. The van der Waals surface area contributed by atoms with E-state index >= 15 is 0 Å². The molecule has 0 unspecified atom stereocenters. The average Bonchev–Trinajstić information content (AvgIpc) is 2.09. The molecule has 4 aliphatic rings. The fraction of sp³-hybridized carbons (Fsp3) is 1.00. The molecule has 4 saturated carbocycles. The summed E-state index contributed by atoms with van der Waals surface area (Å²) in [4.78, 5) is 0. The first-order chi connectivity index (χ1) is 6.71. The van der Waals surface area contributed by atoms with Gasteiger partial charge in [0.05, 0.1) is 0 Å². The molecule has 4 bridgehead atoms. The second-order valence-corrected chi connectivity index (χ2v) is 6.24. The lowest BCUT2D eigenvalue weighted by Crippen LogP contribution is -2.62. The molecular formula is C13H23N. The van der Waals surface area contributed by atoms with Crippen molar-refractivity contribution >= 4 is 0 Å². The highest BCUT2D eigenvalue weighted by atomic mass is 14.8. The molecule has 0 saturated heterocycles. The van der Waals surface area contributed by atoms with Gasteiger partial charge in [-0.1, -0.05) is 13.3 Å². The van der Waals surface area contributed by atoms with Crippen LogP contribution in [-0.2, 0) is 0 Å². The Morgan fingerprint density at radius 1 is 1.14 bits per heavy atom. The Bertz CT molecular complexity index is 221. The summed E-state index contributed by atoms with van der Waals surface area (Å²) in [7, 11) is 0. The molecule has 0 aromatic rings. The van der Waals surface area contributed by atoms with Gasteiger partial charge in [0.25, 0.3) is 0 Å².